The molecule has 3 nitrogen and oxygen atoms in total. The minimum Gasteiger partial charge on any atom is -0.489 e. The Morgan fingerprint density at radius 3 is 2.63 bits per heavy atom. The number of carbonyl (C=O) groups excluding carboxylic acids is 1. The topological polar surface area (TPSA) is 38.3 Å². The van der Waals surface area contributed by atoms with E-state index in [0.717, 1.165) is 17.9 Å². The van der Waals surface area contributed by atoms with Crippen LogP contribution in [0, 0.1) is 0 Å². The molecule has 2 aromatic rings. The normalized spacial score (nSPS) is 16.5. The van der Waals surface area contributed by atoms with Crippen LogP contribution >= 0.6 is 0 Å². The minimum atomic E-state index is -0.0545. The Hall–Kier alpha value is -2.29. The summed E-state index contributed by atoms with van der Waals surface area (Å²) in [5.74, 6) is 0.893. The Bertz CT molecular complexity index is 555. The molecule has 96 valence electrons. The predicted molar refractivity (Wildman–Crippen MR) is 74.3 cm³/mol. The van der Waals surface area contributed by atoms with Crippen LogP contribution in [0.1, 0.15) is 12.0 Å². The van der Waals surface area contributed by atoms with E-state index in [2.05, 4.69) is 5.32 Å². The van der Waals surface area contributed by atoms with Gasteiger partial charge in [0.15, 0.2) is 0 Å². The third kappa shape index (κ3) is 2.76. The number of ether oxygens (including phenoxy) is 1. The van der Waals surface area contributed by atoms with Gasteiger partial charge >= 0.3 is 0 Å². The largest absolute Gasteiger partial charge is 0.489 e. The first-order valence-electron chi connectivity index (χ1n) is 6.41. The minimum absolute atomic E-state index is 0.0102. The lowest BCUT2D eigenvalue weighted by Crippen LogP contribution is -2.23. The van der Waals surface area contributed by atoms with Crippen molar-refractivity contribution in [2.45, 2.75) is 18.9 Å². The van der Waals surface area contributed by atoms with Crippen LogP contribution in [-0.4, -0.2) is 12.0 Å². The summed E-state index contributed by atoms with van der Waals surface area (Å²) >= 11 is 0. The van der Waals surface area contributed by atoms with Gasteiger partial charge < -0.3 is 10.1 Å². The molecule has 2 aromatic carbocycles. The van der Waals surface area contributed by atoms with Gasteiger partial charge in [0, 0.05) is 12.1 Å². The number of anilines is 1. The first-order valence-corrected chi connectivity index (χ1v) is 6.41. The summed E-state index contributed by atoms with van der Waals surface area (Å²) in [4.78, 5) is 11.9. The van der Waals surface area contributed by atoms with Crippen LogP contribution in [0.3, 0.4) is 0 Å². The highest BCUT2D eigenvalue weighted by Crippen LogP contribution is 2.29. The van der Waals surface area contributed by atoms with Crippen molar-refractivity contribution in [2.24, 2.45) is 0 Å². The van der Waals surface area contributed by atoms with E-state index < -0.39 is 0 Å². The molecule has 19 heavy (non-hydrogen) atoms. The summed E-state index contributed by atoms with van der Waals surface area (Å²) in [6.45, 7) is 0. The molecule has 1 aliphatic heterocycles. The second-order valence-corrected chi connectivity index (χ2v) is 4.67. The average molecular weight is 253 g/mol. The summed E-state index contributed by atoms with van der Waals surface area (Å²) in [6, 6.07) is 17.4. The number of hydrogen-bond acceptors (Lipinski definition) is 2. The maximum Gasteiger partial charge on any atom is 0.228 e. The lowest BCUT2D eigenvalue weighted by Gasteiger charge is -2.10. The van der Waals surface area contributed by atoms with Crippen molar-refractivity contribution < 1.29 is 9.53 Å². The average Bonchev–Trinajstić information content (AvgIpc) is 2.81. The lowest BCUT2D eigenvalue weighted by atomic mass is 10.1. The first-order chi connectivity index (χ1) is 9.31. The van der Waals surface area contributed by atoms with E-state index in [4.69, 9.17) is 4.74 Å². The first kappa shape index (κ1) is 11.8. The van der Waals surface area contributed by atoms with Gasteiger partial charge in [-0.25, -0.2) is 0 Å². The molecule has 1 unspecified atom stereocenters. The van der Waals surface area contributed by atoms with E-state index in [-0.39, 0.29) is 12.0 Å². The second kappa shape index (κ2) is 5.14. The number of hydrogen-bond donors (Lipinski definition) is 1. The van der Waals surface area contributed by atoms with Gasteiger partial charge in [-0.1, -0.05) is 36.4 Å². The molecule has 3 heteroatoms. The monoisotopic (exact) mass is 253 g/mol. The van der Waals surface area contributed by atoms with E-state index >= 15 is 0 Å². The fourth-order valence-corrected chi connectivity index (χ4v) is 2.31. The summed E-state index contributed by atoms with van der Waals surface area (Å²) in [5.41, 5.74) is 2.00. The molecule has 1 heterocycles. The molecule has 0 saturated carbocycles. The fourth-order valence-electron chi connectivity index (χ4n) is 2.31. The molecule has 1 aliphatic rings. The summed E-state index contributed by atoms with van der Waals surface area (Å²) < 4.78 is 5.75. The summed E-state index contributed by atoms with van der Waals surface area (Å²) in [6.07, 6.45) is 1.13. The summed E-state index contributed by atoms with van der Waals surface area (Å²) in [7, 11) is 0. The van der Waals surface area contributed by atoms with E-state index in [1.165, 1.54) is 5.56 Å². The molecule has 1 amide bonds. The number of carbonyl (C=O) groups is 1. The molecule has 0 spiro atoms. The van der Waals surface area contributed by atoms with Gasteiger partial charge in [0.25, 0.3) is 0 Å². The highest BCUT2D eigenvalue weighted by molar-refractivity contribution is 5.91. The molecule has 0 aliphatic carbocycles. The molecular formula is C16H15NO2. The molecular weight excluding hydrogens is 238 g/mol. The maximum atomic E-state index is 11.9. The van der Waals surface area contributed by atoms with E-state index in [1.54, 1.807) is 0 Å². The molecule has 0 fully saturated rings. The number of benzene rings is 2. The van der Waals surface area contributed by atoms with Crippen LogP contribution in [0.2, 0.25) is 0 Å². The Morgan fingerprint density at radius 1 is 1.11 bits per heavy atom. The molecule has 1 N–H and O–H groups in total. The van der Waals surface area contributed by atoms with Crippen LogP contribution in [0.25, 0.3) is 0 Å². The van der Waals surface area contributed by atoms with Crippen molar-refractivity contribution in [3.63, 3.8) is 0 Å². The van der Waals surface area contributed by atoms with Gasteiger partial charge in [0.05, 0.1) is 6.42 Å². The second-order valence-electron chi connectivity index (χ2n) is 4.67. The van der Waals surface area contributed by atoms with Crippen LogP contribution in [0.15, 0.2) is 54.6 Å². The van der Waals surface area contributed by atoms with Gasteiger partial charge in [-0.3, -0.25) is 4.79 Å². The SMILES string of the molecule is O=C(CC1Cc2ccccc2O1)Nc1ccccc1. The Balaban J connectivity index is 1.58. The Labute approximate surface area is 112 Å². The number of nitrogens with one attached hydrogen (secondary N) is 1. The van der Waals surface area contributed by atoms with Crippen molar-refractivity contribution in [3.8, 4) is 5.75 Å². The summed E-state index contributed by atoms with van der Waals surface area (Å²) in [5, 5.41) is 2.88. The van der Waals surface area contributed by atoms with Crippen molar-refractivity contribution in [2.75, 3.05) is 5.32 Å². The molecule has 0 radical (unpaired) electrons. The van der Waals surface area contributed by atoms with Gasteiger partial charge in [-0.2, -0.15) is 0 Å². The maximum absolute atomic E-state index is 11.9. The van der Waals surface area contributed by atoms with Crippen molar-refractivity contribution in [3.05, 3.63) is 60.2 Å². The molecule has 1 atom stereocenters. The third-order valence-electron chi connectivity index (χ3n) is 3.18. The standard InChI is InChI=1S/C16H15NO2/c18-16(17-13-7-2-1-3-8-13)11-14-10-12-6-4-5-9-15(12)19-14/h1-9,14H,10-11H2,(H,17,18). The number of amides is 1. The molecule has 3 rings (SSSR count). The zero-order chi connectivity index (χ0) is 13.1. The van der Waals surface area contributed by atoms with E-state index in [9.17, 15) is 4.79 Å². The third-order valence-corrected chi connectivity index (χ3v) is 3.18. The van der Waals surface area contributed by atoms with Crippen molar-refractivity contribution in [1.29, 1.82) is 0 Å². The van der Waals surface area contributed by atoms with Gasteiger partial charge in [0.1, 0.15) is 11.9 Å². The number of fused-ring (bicyclic) bond motifs is 1. The van der Waals surface area contributed by atoms with E-state index in [0.29, 0.717) is 6.42 Å². The fraction of sp³-hybridized carbons (Fsp3) is 0.188. The van der Waals surface area contributed by atoms with Gasteiger partial charge in [-0.05, 0) is 23.8 Å². The highest BCUT2D eigenvalue weighted by atomic mass is 16.5. The van der Waals surface area contributed by atoms with Crippen LogP contribution in [0.4, 0.5) is 5.69 Å². The Morgan fingerprint density at radius 2 is 1.84 bits per heavy atom. The zero-order valence-corrected chi connectivity index (χ0v) is 10.5. The van der Waals surface area contributed by atoms with Crippen LogP contribution in [0.5, 0.6) is 5.75 Å². The van der Waals surface area contributed by atoms with Gasteiger partial charge in [-0.15, -0.1) is 0 Å². The Kier molecular flexibility index (Phi) is 3.19. The van der Waals surface area contributed by atoms with Gasteiger partial charge in [0.2, 0.25) is 5.91 Å². The lowest BCUT2D eigenvalue weighted by molar-refractivity contribution is -0.117. The quantitative estimate of drug-likeness (QED) is 0.913. The number of para-hydroxylation sites is 2. The van der Waals surface area contributed by atoms with E-state index in [1.807, 2.05) is 54.6 Å². The molecule has 0 bridgehead atoms. The zero-order valence-electron chi connectivity index (χ0n) is 10.5. The highest BCUT2D eigenvalue weighted by Gasteiger charge is 2.24. The predicted octanol–water partition coefficient (Wildman–Crippen LogP) is 3.02. The smallest absolute Gasteiger partial charge is 0.228 e. The van der Waals surface area contributed by atoms with Crippen LogP contribution in [-0.2, 0) is 11.2 Å². The van der Waals surface area contributed by atoms with Crippen molar-refractivity contribution >= 4 is 11.6 Å². The molecule has 0 saturated heterocycles. The van der Waals surface area contributed by atoms with Crippen LogP contribution < -0.4 is 10.1 Å². The van der Waals surface area contributed by atoms with Crippen molar-refractivity contribution in [1.82, 2.24) is 0 Å². The molecule has 0 aromatic heterocycles. The number of rotatable bonds is 3.